The van der Waals surface area contributed by atoms with Crippen LogP contribution in [0, 0.1) is 6.92 Å². The van der Waals surface area contributed by atoms with Crippen LogP contribution in [0.3, 0.4) is 0 Å². The van der Waals surface area contributed by atoms with Crippen molar-refractivity contribution in [1.29, 1.82) is 0 Å². The molecule has 0 bridgehead atoms. The summed E-state index contributed by atoms with van der Waals surface area (Å²) in [6.07, 6.45) is 0.506. The predicted molar refractivity (Wildman–Crippen MR) is 52.3 cm³/mol. The minimum absolute atomic E-state index is 0.118. The highest BCUT2D eigenvalue weighted by molar-refractivity contribution is 6.31. The summed E-state index contributed by atoms with van der Waals surface area (Å²) in [5.41, 5.74) is 6.75. The molecule has 0 aliphatic rings. The average molecular weight is 202 g/mol. The van der Waals surface area contributed by atoms with E-state index < -0.39 is 0 Å². The van der Waals surface area contributed by atoms with Gasteiger partial charge in [-0.3, -0.25) is 0 Å². The quantitative estimate of drug-likeness (QED) is 0.637. The van der Waals surface area contributed by atoms with E-state index in [4.69, 9.17) is 17.3 Å². The molecule has 0 saturated carbocycles. The molecule has 0 saturated heterocycles. The van der Waals surface area contributed by atoms with Crippen molar-refractivity contribution in [3.63, 3.8) is 0 Å². The minimum atomic E-state index is -0.195. The fourth-order valence-electron chi connectivity index (χ4n) is 1.22. The number of phenols is 2. The van der Waals surface area contributed by atoms with Crippen LogP contribution in [0.15, 0.2) is 6.07 Å². The van der Waals surface area contributed by atoms with Crippen LogP contribution in [0.25, 0.3) is 0 Å². The van der Waals surface area contributed by atoms with Crippen LogP contribution in [-0.2, 0) is 6.42 Å². The third-order valence-electron chi connectivity index (χ3n) is 2.00. The molecule has 0 aliphatic heterocycles. The van der Waals surface area contributed by atoms with Gasteiger partial charge in [-0.2, -0.15) is 0 Å². The molecule has 1 aromatic carbocycles. The van der Waals surface area contributed by atoms with E-state index >= 15 is 0 Å². The van der Waals surface area contributed by atoms with E-state index in [2.05, 4.69) is 0 Å². The summed E-state index contributed by atoms with van der Waals surface area (Å²) in [6.45, 7) is 2.20. The zero-order chi connectivity index (χ0) is 10.0. The lowest BCUT2D eigenvalue weighted by molar-refractivity contribution is 0.399. The van der Waals surface area contributed by atoms with Gasteiger partial charge in [0.25, 0.3) is 0 Å². The summed E-state index contributed by atoms with van der Waals surface area (Å²) in [5, 5.41) is 19.2. The highest BCUT2D eigenvalue weighted by Crippen LogP contribution is 2.36. The molecule has 4 heteroatoms. The first-order chi connectivity index (χ1) is 6.07. The van der Waals surface area contributed by atoms with Gasteiger partial charge in [0.2, 0.25) is 0 Å². The smallest absolute Gasteiger partial charge is 0.161 e. The lowest BCUT2D eigenvalue weighted by Crippen LogP contribution is -2.04. The molecule has 72 valence electrons. The summed E-state index contributed by atoms with van der Waals surface area (Å²) in [6, 6.07) is 1.33. The number of halogens is 1. The molecule has 0 fully saturated rings. The van der Waals surface area contributed by atoms with Gasteiger partial charge < -0.3 is 15.9 Å². The molecule has 0 unspecified atom stereocenters. The molecule has 3 nitrogen and oxygen atoms in total. The van der Waals surface area contributed by atoms with Crippen molar-refractivity contribution in [1.82, 2.24) is 0 Å². The second kappa shape index (κ2) is 3.85. The van der Waals surface area contributed by atoms with E-state index in [1.807, 2.05) is 0 Å². The topological polar surface area (TPSA) is 66.5 Å². The Bertz CT molecular complexity index is 300. The molecule has 0 aliphatic carbocycles. The van der Waals surface area contributed by atoms with Crippen LogP contribution in [0.4, 0.5) is 0 Å². The fourth-order valence-corrected chi connectivity index (χ4v) is 1.44. The Labute approximate surface area is 81.8 Å². The monoisotopic (exact) mass is 201 g/mol. The van der Waals surface area contributed by atoms with E-state index in [0.29, 0.717) is 23.6 Å². The molecule has 1 rings (SSSR count). The summed E-state index contributed by atoms with van der Waals surface area (Å²) >= 11 is 5.81. The van der Waals surface area contributed by atoms with Crippen molar-refractivity contribution >= 4 is 11.6 Å². The number of aromatic hydroxyl groups is 2. The lowest BCUT2D eigenvalue weighted by atomic mass is 10.0. The van der Waals surface area contributed by atoms with Crippen molar-refractivity contribution in [3.8, 4) is 11.5 Å². The highest BCUT2D eigenvalue weighted by Gasteiger charge is 2.12. The molecule has 0 atom stereocenters. The SMILES string of the molecule is Cc1c(Cl)cc(O)c(O)c1CCN. The second-order valence-corrected chi connectivity index (χ2v) is 3.28. The number of phenolic OH excluding ortho intramolecular Hbond substituents is 2. The normalized spacial score (nSPS) is 10.4. The Balaban J connectivity index is 3.28. The van der Waals surface area contributed by atoms with Crippen molar-refractivity contribution in [2.45, 2.75) is 13.3 Å². The van der Waals surface area contributed by atoms with Gasteiger partial charge in [-0.25, -0.2) is 0 Å². The van der Waals surface area contributed by atoms with Crippen molar-refractivity contribution < 1.29 is 10.2 Å². The van der Waals surface area contributed by atoms with Crippen molar-refractivity contribution in [2.24, 2.45) is 5.73 Å². The predicted octanol–water partition coefficient (Wildman–Crippen LogP) is 1.56. The Morgan fingerprint density at radius 2 is 2.08 bits per heavy atom. The molecule has 0 heterocycles. The number of nitrogens with two attached hydrogens (primary N) is 1. The second-order valence-electron chi connectivity index (χ2n) is 2.87. The molecular formula is C9H12ClNO2. The van der Waals surface area contributed by atoms with Crippen LogP contribution >= 0.6 is 11.6 Å². The summed E-state index contributed by atoms with van der Waals surface area (Å²) < 4.78 is 0. The molecule has 0 radical (unpaired) electrons. The zero-order valence-electron chi connectivity index (χ0n) is 7.34. The highest BCUT2D eigenvalue weighted by atomic mass is 35.5. The van der Waals surface area contributed by atoms with Crippen molar-refractivity contribution in [2.75, 3.05) is 6.54 Å². The van der Waals surface area contributed by atoms with Crippen LogP contribution in [0.1, 0.15) is 11.1 Å². The van der Waals surface area contributed by atoms with E-state index in [1.54, 1.807) is 6.92 Å². The largest absolute Gasteiger partial charge is 0.504 e. The summed E-state index contributed by atoms with van der Waals surface area (Å²) in [4.78, 5) is 0. The third kappa shape index (κ3) is 1.87. The van der Waals surface area contributed by atoms with E-state index in [9.17, 15) is 10.2 Å². The average Bonchev–Trinajstić information content (AvgIpc) is 2.09. The Morgan fingerprint density at radius 1 is 1.46 bits per heavy atom. The van der Waals surface area contributed by atoms with Gasteiger partial charge in [0, 0.05) is 16.7 Å². The van der Waals surface area contributed by atoms with E-state index in [-0.39, 0.29) is 11.5 Å². The molecule has 13 heavy (non-hydrogen) atoms. The van der Waals surface area contributed by atoms with Gasteiger partial charge in [0.15, 0.2) is 11.5 Å². The van der Waals surface area contributed by atoms with Crippen LogP contribution < -0.4 is 5.73 Å². The summed E-state index contributed by atoms with van der Waals surface area (Å²) in [7, 11) is 0. The van der Waals surface area contributed by atoms with Crippen LogP contribution in [-0.4, -0.2) is 16.8 Å². The van der Waals surface area contributed by atoms with Gasteiger partial charge in [0.05, 0.1) is 0 Å². The molecule has 1 aromatic rings. The molecule has 0 amide bonds. The van der Waals surface area contributed by atoms with Gasteiger partial charge in [0.1, 0.15) is 0 Å². The van der Waals surface area contributed by atoms with E-state index in [1.165, 1.54) is 6.07 Å². The number of benzene rings is 1. The van der Waals surface area contributed by atoms with Crippen LogP contribution in [0.2, 0.25) is 5.02 Å². The van der Waals surface area contributed by atoms with Gasteiger partial charge in [-0.1, -0.05) is 11.6 Å². The maximum atomic E-state index is 9.47. The Kier molecular flexibility index (Phi) is 3.01. The molecular weight excluding hydrogens is 190 g/mol. The summed E-state index contributed by atoms with van der Waals surface area (Å²) in [5.74, 6) is -0.314. The number of hydrogen-bond donors (Lipinski definition) is 3. The van der Waals surface area contributed by atoms with Crippen LogP contribution in [0.5, 0.6) is 11.5 Å². The first kappa shape index (κ1) is 10.2. The first-order valence-electron chi connectivity index (χ1n) is 3.98. The fraction of sp³-hybridized carbons (Fsp3) is 0.333. The zero-order valence-corrected chi connectivity index (χ0v) is 8.10. The third-order valence-corrected chi connectivity index (χ3v) is 2.39. The molecule has 0 spiro atoms. The minimum Gasteiger partial charge on any atom is -0.504 e. The van der Waals surface area contributed by atoms with E-state index in [0.717, 1.165) is 5.56 Å². The molecule has 0 aromatic heterocycles. The maximum absolute atomic E-state index is 9.47. The van der Waals surface area contributed by atoms with Gasteiger partial charge in [-0.05, 0) is 25.5 Å². The Hall–Kier alpha value is -0.930. The Morgan fingerprint density at radius 3 is 2.62 bits per heavy atom. The number of hydrogen-bond acceptors (Lipinski definition) is 3. The number of rotatable bonds is 2. The first-order valence-corrected chi connectivity index (χ1v) is 4.35. The maximum Gasteiger partial charge on any atom is 0.161 e. The van der Waals surface area contributed by atoms with Gasteiger partial charge >= 0.3 is 0 Å². The van der Waals surface area contributed by atoms with Crippen molar-refractivity contribution in [3.05, 3.63) is 22.2 Å². The van der Waals surface area contributed by atoms with Gasteiger partial charge in [-0.15, -0.1) is 0 Å². The molecule has 4 N–H and O–H groups in total. The lowest BCUT2D eigenvalue weighted by Gasteiger charge is -2.10. The standard InChI is InChI=1S/C9H12ClNO2/c1-5-6(2-3-11)9(13)8(12)4-7(5)10/h4,12-13H,2-3,11H2,1H3.